The van der Waals surface area contributed by atoms with Crippen LogP contribution < -0.4 is 25.4 Å². The number of benzene rings is 4. The molecule has 3 N–H and O–H groups in total. The number of amides is 3. The van der Waals surface area contributed by atoms with Crippen molar-refractivity contribution in [1.29, 1.82) is 0 Å². The number of carbonyl (C=O) groups is 3. The second-order valence-electron chi connectivity index (χ2n) is 9.34. The Hall–Kier alpha value is -4.80. The van der Waals surface area contributed by atoms with Gasteiger partial charge in [0.1, 0.15) is 23.0 Å². The number of rotatable bonds is 11. The molecule has 0 radical (unpaired) electrons. The van der Waals surface area contributed by atoms with Crippen LogP contribution in [0.2, 0.25) is 5.02 Å². The lowest BCUT2D eigenvalue weighted by atomic mass is 10.1. The quantitative estimate of drug-likeness (QED) is 0.121. The number of thioether (sulfide) groups is 1. The summed E-state index contributed by atoms with van der Waals surface area (Å²) in [7, 11) is 3.03. The molecular formula is C33H29ClFN3O5S. The minimum Gasteiger partial charge on any atom is -0.497 e. The standard InChI is InChI=1S/C33H29ClFN3O5S/c1-20(31(39)37-24-12-16-28(35)27(34)18-24)44-26-14-10-23(11-15-26)36-33(41)29(38-32(40)21-7-5-4-6-8-21)17-22-9-13-25(42-2)19-30(22)43-3/h4-20H,1-3H3,(H,36,41)(H,37,39)(H,38,40)/b29-17-. The molecule has 0 aliphatic carbocycles. The molecule has 4 aromatic rings. The minimum atomic E-state index is -0.569. The summed E-state index contributed by atoms with van der Waals surface area (Å²) < 4.78 is 24.1. The van der Waals surface area contributed by atoms with Gasteiger partial charge in [0.25, 0.3) is 11.8 Å². The van der Waals surface area contributed by atoms with Crippen LogP contribution in [0.3, 0.4) is 0 Å². The maximum atomic E-state index is 13.4. The normalized spacial score (nSPS) is 11.7. The van der Waals surface area contributed by atoms with Crippen molar-refractivity contribution in [2.24, 2.45) is 0 Å². The van der Waals surface area contributed by atoms with E-state index in [9.17, 15) is 18.8 Å². The third-order valence-electron chi connectivity index (χ3n) is 6.25. The number of halogens is 2. The lowest BCUT2D eigenvalue weighted by molar-refractivity contribution is -0.115. The van der Waals surface area contributed by atoms with Gasteiger partial charge in [-0.2, -0.15) is 0 Å². The Bertz CT molecular complexity index is 1680. The summed E-state index contributed by atoms with van der Waals surface area (Å²) in [6.07, 6.45) is 1.52. The monoisotopic (exact) mass is 633 g/mol. The smallest absolute Gasteiger partial charge is 0.272 e. The average Bonchev–Trinajstić information content (AvgIpc) is 3.03. The summed E-state index contributed by atoms with van der Waals surface area (Å²) in [4.78, 5) is 39.8. The molecule has 1 atom stereocenters. The molecule has 0 aliphatic heterocycles. The number of hydrogen-bond donors (Lipinski definition) is 3. The van der Waals surface area contributed by atoms with E-state index in [-0.39, 0.29) is 16.6 Å². The highest BCUT2D eigenvalue weighted by molar-refractivity contribution is 8.00. The number of methoxy groups -OCH3 is 2. The van der Waals surface area contributed by atoms with E-state index in [2.05, 4.69) is 16.0 Å². The Morgan fingerprint density at radius 3 is 2.23 bits per heavy atom. The Morgan fingerprint density at radius 2 is 1.57 bits per heavy atom. The molecule has 44 heavy (non-hydrogen) atoms. The fourth-order valence-corrected chi connectivity index (χ4v) is 4.97. The van der Waals surface area contributed by atoms with E-state index in [4.69, 9.17) is 21.1 Å². The molecule has 226 valence electrons. The summed E-state index contributed by atoms with van der Waals surface area (Å²) in [5, 5.41) is 7.66. The minimum absolute atomic E-state index is 0.00744. The molecule has 0 heterocycles. The van der Waals surface area contributed by atoms with Crippen LogP contribution in [-0.4, -0.2) is 37.2 Å². The van der Waals surface area contributed by atoms with Crippen LogP contribution in [0, 0.1) is 5.82 Å². The third kappa shape index (κ3) is 8.62. The Kier molecular flexibility index (Phi) is 11.0. The van der Waals surface area contributed by atoms with Crippen molar-refractivity contribution in [3.63, 3.8) is 0 Å². The summed E-state index contributed by atoms with van der Waals surface area (Å²) in [5.74, 6) is -0.845. The van der Waals surface area contributed by atoms with Gasteiger partial charge in [-0.05, 0) is 79.7 Å². The Morgan fingerprint density at radius 1 is 0.864 bits per heavy atom. The molecule has 0 aliphatic rings. The molecule has 0 bridgehead atoms. The van der Waals surface area contributed by atoms with Gasteiger partial charge >= 0.3 is 0 Å². The molecular weight excluding hydrogens is 605 g/mol. The molecule has 0 aromatic heterocycles. The van der Waals surface area contributed by atoms with E-state index in [0.717, 1.165) is 4.90 Å². The zero-order valence-electron chi connectivity index (χ0n) is 24.0. The second kappa shape index (κ2) is 15.1. The van der Waals surface area contributed by atoms with Crippen LogP contribution in [-0.2, 0) is 9.59 Å². The molecule has 4 aromatic carbocycles. The summed E-state index contributed by atoms with van der Waals surface area (Å²) >= 11 is 7.10. The van der Waals surface area contributed by atoms with Gasteiger partial charge in [-0.25, -0.2) is 4.39 Å². The van der Waals surface area contributed by atoms with Crippen LogP contribution in [0.1, 0.15) is 22.8 Å². The largest absolute Gasteiger partial charge is 0.497 e. The average molecular weight is 634 g/mol. The number of anilines is 2. The maximum Gasteiger partial charge on any atom is 0.272 e. The van der Waals surface area contributed by atoms with Crippen molar-refractivity contribution >= 4 is 58.5 Å². The highest BCUT2D eigenvalue weighted by atomic mass is 35.5. The number of ether oxygens (including phenoxy) is 2. The van der Waals surface area contributed by atoms with Crippen molar-refractivity contribution in [2.45, 2.75) is 17.1 Å². The molecule has 4 rings (SSSR count). The number of nitrogens with one attached hydrogen (secondary N) is 3. The molecule has 0 spiro atoms. The lowest BCUT2D eigenvalue weighted by Gasteiger charge is -2.14. The lowest BCUT2D eigenvalue weighted by Crippen LogP contribution is -2.30. The Labute approximate surface area is 263 Å². The van der Waals surface area contributed by atoms with Crippen molar-refractivity contribution in [2.75, 3.05) is 24.9 Å². The molecule has 0 saturated heterocycles. The van der Waals surface area contributed by atoms with Gasteiger partial charge in [0, 0.05) is 33.5 Å². The fourth-order valence-electron chi connectivity index (χ4n) is 3.93. The van der Waals surface area contributed by atoms with Gasteiger partial charge in [0.05, 0.1) is 24.5 Å². The summed E-state index contributed by atoms with van der Waals surface area (Å²) in [6, 6.07) is 24.5. The van der Waals surface area contributed by atoms with E-state index < -0.39 is 22.9 Å². The molecule has 3 amide bonds. The predicted molar refractivity (Wildman–Crippen MR) is 172 cm³/mol. The highest BCUT2D eigenvalue weighted by Gasteiger charge is 2.18. The molecule has 1 unspecified atom stereocenters. The molecule has 8 nitrogen and oxygen atoms in total. The first kappa shape index (κ1) is 32.1. The fraction of sp³-hybridized carbons (Fsp3) is 0.121. The third-order valence-corrected chi connectivity index (χ3v) is 7.65. The van der Waals surface area contributed by atoms with Crippen LogP contribution >= 0.6 is 23.4 Å². The summed E-state index contributed by atoms with van der Waals surface area (Å²) in [5.41, 5.74) is 1.79. The van der Waals surface area contributed by atoms with Crippen molar-refractivity contribution in [3.05, 3.63) is 119 Å². The van der Waals surface area contributed by atoms with Crippen molar-refractivity contribution in [1.82, 2.24) is 5.32 Å². The van der Waals surface area contributed by atoms with Gasteiger partial charge in [0.15, 0.2) is 0 Å². The van der Waals surface area contributed by atoms with Crippen molar-refractivity contribution < 1.29 is 28.2 Å². The SMILES string of the molecule is COc1ccc(/C=C(\NC(=O)c2ccccc2)C(=O)Nc2ccc(SC(C)C(=O)Nc3ccc(F)c(Cl)c3)cc2)c(OC)c1. The first-order valence-corrected chi connectivity index (χ1v) is 14.6. The van der Waals surface area contributed by atoms with Gasteiger partial charge in [-0.1, -0.05) is 29.8 Å². The van der Waals surface area contributed by atoms with Crippen LogP contribution in [0.25, 0.3) is 6.08 Å². The maximum absolute atomic E-state index is 13.4. The Balaban J connectivity index is 1.47. The predicted octanol–water partition coefficient (Wildman–Crippen LogP) is 7.03. The van der Waals surface area contributed by atoms with Gasteiger partial charge in [-0.15, -0.1) is 11.8 Å². The first-order chi connectivity index (χ1) is 21.2. The van der Waals surface area contributed by atoms with E-state index in [1.54, 1.807) is 79.7 Å². The first-order valence-electron chi connectivity index (χ1n) is 13.3. The van der Waals surface area contributed by atoms with Gasteiger partial charge in [-0.3, -0.25) is 14.4 Å². The zero-order valence-corrected chi connectivity index (χ0v) is 25.6. The van der Waals surface area contributed by atoms with Crippen LogP contribution in [0.15, 0.2) is 102 Å². The molecule has 0 saturated carbocycles. The van der Waals surface area contributed by atoms with Gasteiger partial charge in [0.2, 0.25) is 5.91 Å². The molecule has 0 fully saturated rings. The topological polar surface area (TPSA) is 106 Å². The molecule has 11 heteroatoms. The van der Waals surface area contributed by atoms with E-state index in [1.807, 2.05) is 0 Å². The van der Waals surface area contributed by atoms with Crippen LogP contribution in [0.4, 0.5) is 15.8 Å². The van der Waals surface area contributed by atoms with Gasteiger partial charge < -0.3 is 25.4 Å². The second-order valence-corrected chi connectivity index (χ2v) is 11.2. The van der Waals surface area contributed by atoms with E-state index in [0.29, 0.717) is 34.0 Å². The summed E-state index contributed by atoms with van der Waals surface area (Å²) in [6.45, 7) is 1.74. The zero-order chi connectivity index (χ0) is 31.6. The highest BCUT2D eigenvalue weighted by Crippen LogP contribution is 2.28. The van der Waals surface area contributed by atoms with E-state index in [1.165, 1.54) is 50.3 Å². The van der Waals surface area contributed by atoms with Crippen LogP contribution in [0.5, 0.6) is 11.5 Å². The number of hydrogen-bond acceptors (Lipinski definition) is 6. The van der Waals surface area contributed by atoms with Crippen molar-refractivity contribution in [3.8, 4) is 11.5 Å². The van der Waals surface area contributed by atoms with E-state index >= 15 is 0 Å². The number of carbonyl (C=O) groups excluding carboxylic acids is 3.